The van der Waals surface area contributed by atoms with Gasteiger partial charge in [0.05, 0.1) is 5.69 Å². The van der Waals surface area contributed by atoms with E-state index < -0.39 is 0 Å². The van der Waals surface area contributed by atoms with Crippen molar-refractivity contribution < 1.29 is 4.74 Å². The maximum Gasteiger partial charge on any atom is 0.128 e. The van der Waals surface area contributed by atoms with Crippen molar-refractivity contribution in [1.82, 2.24) is 20.1 Å². The molecule has 2 aromatic heterocycles. The summed E-state index contributed by atoms with van der Waals surface area (Å²) in [5.41, 5.74) is 4.72. The highest BCUT2D eigenvalue weighted by Crippen LogP contribution is 2.33. The molecule has 0 amide bonds. The van der Waals surface area contributed by atoms with Crippen molar-refractivity contribution in [3.63, 3.8) is 0 Å². The van der Waals surface area contributed by atoms with Gasteiger partial charge in [-0.3, -0.25) is 4.68 Å². The predicted molar refractivity (Wildman–Crippen MR) is 102 cm³/mol. The van der Waals surface area contributed by atoms with Crippen LogP contribution in [-0.2, 0) is 18.3 Å². The molecule has 2 aliphatic rings. The van der Waals surface area contributed by atoms with Gasteiger partial charge in [-0.25, -0.2) is 4.98 Å². The van der Waals surface area contributed by atoms with Crippen molar-refractivity contribution in [2.75, 3.05) is 24.6 Å². The number of ether oxygens (including phenoxy) is 1. The molecule has 2 aromatic rings. The molecule has 0 unspecified atom stereocenters. The van der Waals surface area contributed by atoms with E-state index in [0.29, 0.717) is 6.04 Å². The first-order valence-corrected chi connectivity index (χ1v) is 9.68. The standard InChI is InChI=1S/C20H29N5O/c1-14-19(15(2)24(3)23-14)20-17(8-11-26-20)21-12-16-6-7-18(22-13-16)25-9-4-5-10-25/h6-7,13,17,20-21H,4-5,8-12H2,1-3H3/t17-,20-/m0/s1. The van der Waals surface area contributed by atoms with Crippen LogP contribution in [0.25, 0.3) is 0 Å². The Kier molecular flexibility index (Phi) is 4.96. The van der Waals surface area contributed by atoms with E-state index in [1.165, 1.54) is 29.7 Å². The SMILES string of the molecule is Cc1nn(C)c(C)c1[C@H]1OCC[C@@H]1NCc1ccc(N2CCCC2)nc1. The maximum absolute atomic E-state index is 6.06. The highest BCUT2D eigenvalue weighted by atomic mass is 16.5. The second-order valence-corrected chi connectivity index (χ2v) is 7.49. The summed E-state index contributed by atoms with van der Waals surface area (Å²) < 4.78 is 8.01. The molecule has 2 atom stereocenters. The van der Waals surface area contributed by atoms with Crippen LogP contribution in [0.2, 0.25) is 0 Å². The van der Waals surface area contributed by atoms with Gasteiger partial charge in [0.15, 0.2) is 0 Å². The van der Waals surface area contributed by atoms with Gasteiger partial charge < -0.3 is 15.0 Å². The quantitative estimate of drug-likeness (QED) is 0.894. The number of nitrogens with zero attached hydrogens (tertiary/aromatic N) is 4. The zero-order chi connectivity index (χ0) is 18.1. The maximum atomic E-state index is 6.06. The summed E-state index contributed by atoms with van der Waals surface area (Å²) in [6.07, 6.45) is 5.67. The second kappa shape index (κ2) is 7.37. The van der Waals surface area contributed by atoms with Gasteiger partial charge in [-0.15, -0.1) is 0 Å². The van der Waals surface area contributed by atoms with E-state index in [-0.39, 0.29) is 6.10 Å². The molecule has 1 N–H and O–H groups in total. The minimum absolute atomic E-state index is 0.0838. The molecule has 6 nitrogen and oxygen atoms in total. The Morgan fingerprint density at radius 1 is 1.23 bits per heavy atom. The second-order valence-electron chi connectivity index (χ2n) is 7.49. The summed E-state index contributed by atoms with van der Waals surface area (Å²) in [6, 6.07) is 4.66. The molecular weight excluding hydrogens is 326 g/mol. The van der Waals surface area contributed by atoms with Crippen LogP contribution < -0.4 is 10.2 Å². The molecule has 4 rings (SSSR count). The van der Waals surface area contributed by atoms with Crippen LogP contribution in [0.15, 0.2) is 18.3 Å². The molecule has 2 saturated heterocycles. The monoisotopic (exact) mass is 355 g/mol. The van der Waals surface area contributed by atoms with E-state index in [9.17, 15) is 0 Å². The van der Waals surface area contributed by atoms with Crippen LogP contribution >= 0.6 is 0 Å². The molecule has 0 bridgehead atoms. The van der Waals surface area contributed by atoms with Gasteiger partial charge in [0.1, 0.15) is 11.9 Å². The fraction of sp³-hybridized carbons (Fsp3) is 0.600. The molecule has 0 aromatic carbocycles. The number of aryl methyl sites for hydroxylation is 2. The predicted octanol–water partition coefficient (Wildman–Crippen LogP) is 2.65. The van der Waals surface area contributed by atoms with Crippen LogP contribution in [0.5, 0.6) is 0 Å². The number of anilines is 1. The molecular formula is C20H29N5O. The smallest absolute Gasteiger partial charge is 0.128 e. The number of pyridine rings is 1. The highest BCUT2D eigenvalue weighted by Gasteiger charge is 2.33. The van der Waals surface area contributed by atoms with E-state index >= 15 is 0 Å². The fourth-order valence-electron chi connectivity index (χ4n) is 4.19. The lowest BCUT2D eigenvalue weighted by molar-refractivity contribution is 0.0974. The third-order valence-electron chi connectivity index (χ3n) is 5.75. The molecule has 4 heterocycles. The van der Waals surface area contributed by atoms with E-state index in [0.717, 1.165) is 44.2 Å². The molecule has 0 saturated carbocycles. The van der Waals surface area contributed by atoms with E-state index in [4.69, 9.17) is 4.74 Å². The first kappa shape index (κ1) is 17.5. The lowest BCUT2D eigenvalue weighted by Gasteiger charge is -2.21. The van der Waals surface area contributed by atoms with Gasteiger partial charge in [0, 0.05) is 56.8 Å². The Balaban J connectivity index is 1.40. The molecule has 6 heteroatoms. The number of hydrogen-bond acceptors (Lipinski definition) is 5. The van der Waals surface area contributed by atoms with Crippen molar-refractivity contribution in [3.05, 3.63) is 40.8 Å². The van der Waals surface area contributed by atoms with Crippen LogP contribution in [-0.4, -0.2) is 40.5 Å². The summed E-state index contributed by atoms with van der Waals surface area (Å²) in [4.78, 5) is 7.02. The molecule has 2 fully saturated rings. The van der Waals surface area contributed by atoms with Crippen LogP contribution in [0, 0.1) is 13.8 Å². The van der Waals surface area contributed by atoms with E-state index in [1.807, 2.05) is 17.9 Å². The average Bonchev–Trinajstić information content (AvgIpc) is 3.36. The minimum atomic E-state index is 0.0838. The fourth-order valence-corrected chi connectivity index (χ4v) is 4.19. The highest BCUT2D eigenvalue weighted by molar-refractivity contribution is 5.40. The summed E-state index contributed by atoms with van der Waals surface area (Å²) in [7, 11) is 2.00. The van der Waals surface area contributed by atoms with Crippen LogP contribution in [0.1, 0.15) is 47.9 Å². The first-order valence-electron chi connectivity index (χ1n) is 9.68. The van der Waals surface area contributed by atoms with E-state index in [2.05, 4.69) is 46.3 Å². The molecule has 140 valence electrons. The van der Waals surface area contributed by atoms with Gasteiger partial charge in [-0.05, 0) is 44.7 Å². The van der Waals surface area contributed by atoms with Crippen molar-refractivity contribution in [3.8, 4) is 0 Å². The van der Waals surface area contributed by atoms with Gasteiger partial charge >= 0.3 is 0 Å². The van der Waals surface area contributed by atoms with Gasteiger partial charge in [-0.1, -0.05) is 6.07 Å². The summed E-state index contributed by atoms with van der Waals surface area (Å²) in [5.74, 6) is 1.11. The lowest BCUT2D eigenvalue weighted by Crippen LogP contribution is -2.31. The Hall–Kier alpha value is -1.92. The van der Waals surface area contributed by atoms with Crippen LogP contribution in [0.4, 0.5) is 5.82 Å². The topological polar surface area (TPSA) is 55.2 Å². The Bertz CT molecular complexity index is 748. The first-order chi connectivity index (χ1) is 12.6. The number of hydrogen-bond donors (Lipinski definition) is 1. The minimum Gasteiger partial charge on any atom is -0.372 e. The molecule has 0 radical (unpaired) electrons. The average molecular weight is 355 g/mol. The largest absolute Gasteiger partial charge is 0.372 e. The lowest BCUT2D eigenvalue weighted by atomic mass is 10.00. The summed E-state index contributed by atoms with van der Waals surface area (Å²) in [6.45, 7) is 8.07. The van der Waals surface area contributed by atoms with Crippen molar-refractivity contribution in [2.45, 2.75) is 51.8 Å². The number of rotatable bonds is 5. The zero-order valence-corrected chi connectivity index (χ0v) is 16.0. The zero-order valence-electron chi connectivity index (χ0n) is 16.0. The van der Waals surface area contributed by atoms with Gasteiger partial charge in [-0.2, -0.15) is 5.10 Å². The number of nitrogens with one attached hydrogen (secondary N) is 1. The molecule has 0 spiro atoms. The Morgan fingerprint density at radius 2 is 2.04 bits per heavy atom. The van der Waals surface area contributed by atoms with Crippen molar-refractivity contribution in [1.29, 1.82) is 0 Å². The van der Waals surface area contributed by atoms with Crippen LogP contribution in [0.3, 0.4) is 0 Å². The summed E-state index contributed by atoms with van der Waals surface area (Å²) >= 11 is 0. The molecule has 2 aliphatic heterocycles. The van der Waals surface area contributed by atoms with Crippen molar-refractivity contribution >= 4 is 5.82 Å². The summed E-state index contributed by atoms with van der Waals surface area (Å²) in [5, 5.41) is 8.23. The third-order valence-corrected chi connectivity index (χ3v) is 5.75. The van der Waals surface area contributed by atoms with Gasteiger partial charge in [0.25, 0.3) is 0 Å². The Labute approximate surface area is 155 Å². The number of aromatic nitrogens is 3. The molecule has 0 aliphatic carbocycles. The molecule has 26 heavy (non-hydrogen) atoms. The third kappa shape index (κ3) is 3.35. The van der Waals surface area contributed by atoms with Gasteiger partial charge in [0.2, 0.25) is 0 Å². The Morgan fingerprint density at radius 3 is 2.69 bits per heavy atom. The van der Waals surface area contributed by atoms with Crippen molar-refractivity contribution in [2.24, 2.45) is 7.05 Å². The normalized spacial score (nSPS) is 23.1. The van der Waals surface area contributed by atoms with E-state index in [1.54, 1.807) is 0 Å².